The average molecular weight is 380 g/mol. The fraction of sp³-hybridized carbons (Fsp3) is 0.286. The van der Waals surface area contributed by atoms with E-state index < -0.39 is 4.92 Å². The van der Waals surface area contributed by atoms with E-state index in [-0.39, 0.29) is 5.69 Å². The first kappa shape index (κ1) is 19.7. The molecule has 0 aliphatic rings. The van der Waals surface area contributed by atoms with Crippen molar-refractivity contribution in [1.82, 2.24) is 15.1 Å². The van der Waals surface area contributed by atoms with Crippen LogP contribution in [0.25, 0.3) is 11.3 Å². The van der Waals surface area contributed by atoms with Gasteiger partial charge in [-0.15, -0.1) is 0 Å². The molecule has 0 unspecified atom stereocenters. The molecule has 0 fully saturated rings. The second kappa shape index (κ2) is 9.25. The Morgan fingerprint density at radius 2 is 1.75 bits per heavy atom. The van der Waals surface area contributed by atoms with Crippen LogP contribution in [-0.2, 0) is 31.5 Å². The van der Waals surface area contributed by atoms with Gasteiger partial charge in [0.05, 0.1) is 17.2 Å². The van der Waals surface area contributed by atoms with Gasteiger partial charge in [-0.05, 0) is 30.2 Å². The number of aryl methyl sites for hydroxylation is 1. The Bertz CT molecular complexity index is 935. The molecule has 28 heavy (non-hydrogen) atoms. The molecule has 0 spiro atoms. The van der Waals surface area contributed by atoms with Crippen molar-refractivity contribution in [2.45, 2.75) is 26.6 Å². The van der Waals surface area contributed by atoms with Crippen LogP contribution in [-0.4, -0.2) is 21.3 Å². The van der Waals surface area contributed by atoms with Gasteiger partial charge in [0.1, 0.15) is 0 Å². The van der Waals surface area contributed by atoms with Gasteiger partial charge in [-0.25, -0.2) is 0 Å². The predicted octanol–water partition coefficient (Wildman–Crippen LogP) is 3.82. The Morgan fingerprint density at radius 3 is 2.43 bits per heavy atom. The summed E-state index contributed by atoms with van der Waals surface area (Å²) in [4.78, 5) is 10.5. The van der Waals surface area contributed by atoms with Gasteiger partial charge in [-0.3, -0.25) is 14.8 Å². The Balaban J connectivity index is 1.70. The van der Waals surface area contributed by atoms with Crippen LogP contribution >= 0.6 is 0 Å². The minimum absolute atomic E-state index is 0.0743. The number of nitro benzene ring substituents is 1. The van der Waals surface area contributed by atoms with Gasteiger partial charge in [0.2, 0.25) is 0 Å². The van der Waals surface area contributed by atoms with E-state index in [0.29, 0.717) is 19.8 Å². The van der Waals surface area contributed by atoms with Crippen molar-refractivity contribution in [1.29, 1.82) is 0 Å². The maximum atomic E-state index is 10.9. The fourth-order valence-electron chi connectivity index (χ4n) is 3.07. The smallest absolute Gasteiger partial charge is 0.269 e. The van der Waals surface area contributed by atoms with Crippen LogP contribution in [0.2, 0.25) is 0 Å². The monoisotopic (exact) mass is 380 g/mol. The zero-order valence-corrected chi connectivity index (χ0v) is 16.1. The van der Waals surface area contributed by atoms with Crippen LogP contribution < -0.4 is 5.32 Å². The maximum Gasteiger partial charge on any atom is 0.269 e. The Labute approximate surface area is 164 Å². The van der Waals surface area contributed by atoms with E-state index in [0.717, 1.165) is 23.4 Å². The highest BCUT2D eigenvalue weighted by atomic mass is 16.6. The van der Waals surface area contributed by atoms with E-state index >= 15 is 0 Å². The SMILES string of the molecule is CCOCc1ccccc1CNCc1cn(C)nc1-c1ccc([N+](=O)[O-])cc1. The molecule has 0 aliphatic heterocycles. The molecule has 7 nitrogen and oxygen atoms in total. The number of ether oxygens (including phenoxy) is 1. The molecule has 3 aromatic rings. The Hall–Kier alpha value is -3.03. The van der Waals surface area contributed by atoms with Gasteiger partial charge < -0.3 is 10.1 Å². The summed E-state index contributed by atoms with van der Waals surface area (Å²) in [7, 11) is 1.87. The lowest BCUT2D eigenvalue weighted by molar-refractivity contribution is -0.384. The number of non-ortho nitro benzene ring substituents is 1. The zero-order valence-electron chi connectivity index (χ0n) is 16.1. The molecule has 0 saturated heterocycles. The van der Waals surface area contributed by atoms with Crippen LogP contribution in [0.15, 0.2) is 54.7 Å². The van der Waals surface area contributed by atoms with Gasteiger partial charge in [-0.2, -0.15) is 5.10 Å². The third-order valence-corrected chi connectivity index (χ3v) is 4.47. The van der Waals surface area contributed by atoms with E-state index in [4.69, 9.17) is 4.74 Å². The van der Waals surface area contributed by atoms with Crippen LogP contribution in [0.5, 0.6) is 0 Å². The van der Waals surface area contributed by atoms with Crippen LogP contribution in [0.1, 0.15) is 23.6 Å². The standard InChI is InChI=1S/C21H24N4O3/c1-3-28-15-18-7-5-4-6-17(18)12-22-13-19-14-24(2)23-21(19)16-8-10-20(11-9-16)25(26)27/h4-11,14,22H,3,12-13,15H2,1-2H3. The van der Waals surface area contributed by atoms with Gasteiger partial charge in [-0.1, -0.05) is 24.3 Å². The molecule has 2 aromatic carbocycles. The topological polar surface area (TPSA) is 82.2 Å². The number of rotatable bonds is 9. The number of hydrogen-bond donors (Lipinski definition) is 1. The molecule has 1 N–H and O–H groups in total. The van der Waals surface area contributed by atoms with Crippen molar-refractivity contribution >= 4 is 5.69 Å². The highest BCUT2D eigenvalue weighted by molar-refractivity contribution is 5.64. The normalized spacial score (nSPS) is 10.9. The molecule has 0 bridgehead atoms. The molecule has 1 aromatic heterocycles. The van der Waals surface area contributed by atoms with Crippen molar-refractivity contribution in [3.05, 3.63) is 81.5 Å². The predicted molar refractivity (Wildman–Crippen MR) is 108 cm³/mol. The highest BCUT2D eigenvalue weighted by Gasteiger charge is 2.12. The number of nitrogens with one attached hydrogen (secondary N) is 1. The minimum atomic E-state index is -0.398. The number of nitro groups is 1. The lowest BCUT2D eigenvalue weighted by Crippen LogP contribution is -2.14. The molecule has 146 valence electrons. The number of hydrogen-bond acceptors (Lipinski definition) is 5. The number of benzene rings is 2. The van der Waals surface area contributed by atoms with E-state index in [9.17, 15) is 10.1 Å². The average Bonchev–Trinajstić information content (AvgIpc) is 3.07. The third-order valence-electron chi connectivity index (χ3n) is 4.47. The molecule has 0 atom stereocenters. The first-order valence-electron chi connectivity index (χ1n) is 9.21. The molecule has 0 amide bonds. The highest BCUT2D eigenvalue weighted by Crippen LogP contribution is 2.24. The van der Waals surface area contributed by atoms with E-state index in [1.165, 1.54) is 23.3 Å². The molecular formula is C21H24N4O3. The number of aromatic nitrogens is 2. The minimum Gasteiger partial charge on any atom is -0.377 e. The molecule has 0 aliphatic carbocycles. The zero-order chi connectivity index (χ0) is 19.9. The first-order chi connectivity index (χ1) is 13.6. The fourth-order valence-corrected chi connectivity index (χ4v) is 3.07. The number of nitrogens with zero attached hydrogens (tertiary/aromatic N) is 3. The summed E-state index contributed by atoms with van der Waals surface area (Å²) in [6.07, 6.45) is 1.97. The van der Waals surface area contributed by atoms with E-state index in [1.807, 2.05) is 32.3 Å². The van der Waals surface area contributed by atoms with Gasteiger partial charge in [0.15, 0.2) is 0 Å². The summed E-state index contributed by atoms with van der Waals surface area (Å²) in [5.74, 6) is 0. The lowest BCUT2D eigenvalue weighted by Gasteiger charge is -2.11. The van der Waals surface area contributed by atoms with Crippen molar-refractivity contribution in [3.63, 3.8) is 0 Å². The summed E-state index contributed by atoms with van der Waals surface area (Å²) in [6, 6.07) is 14.7. The lowest BCUT2D eigenvalue weighted by atomic mass is 10.1. The van der Waals surface area contributed by atoms with Gasteiger partial charge in [0, 0.05) is 56.2 Å². The largest absolute Gasteiger partial charge is 0.377 e. The molecule has 0 saturated carbocycles. The summed E-state index contributed by atoms with van der Waals surface area (Å²) >= 11 is 0. The quantitative estimate of drug-likeness (QED) is 0.451. The van der Waals surface area contributed by atoms with Crippen LogP contribution in [0.3, 0.4) is 0 Å². The van der Waals surface area contributed by atoms with Crippen molar-refractivity contribution in [2.24, 2.45) is 7.05 Å². The second-order valence-electron chi connectivity index (χ2n) is 6.49. The van der Waals surface area contributed by atoms with E-state index in [2.05, 4.69) is 22.5 Å². The molecule has 7 heteroatoms. The van der Waals surface area contributed by atoms with Gasteiger partial charge in [0.25, 0.3) is 5.69 Å². The maximum absolute atomic E-state index is 10.9. The van der Waals surface area contributed by atoms with Crippen molar-refractivity contribution in [2.75, 3.05) is 6.61 Å². The Morgan fingerprint density at radius 1 is 1.07 bits per heavy atom. The Kier molecular flexibility index (Phi) is 6.52. The van der Waals surface area contributed by atoms with E-state index in [1.54, 1.807) is 16.8 Å². The summed E-state index contributed by atoms with van der Waals surface area (Å²) in [5, 5.41) is 18.9. The van der Waals surface area contributed by atoms with Crippen LogP contribution in [0.4, 0.5) is 5.69 Å². The third kappa shape index (κ3) is 4.82. The summed E-state index contributed by atoms with van der Waals surface area (Å²) < 4.78 is 7.30. The van der Waals surface area contributed by atoms with Gasteiger partial charge >= 0.3 is 0 Å². The summed E-state index contributed by atoms with van der Waals surface area (Å²) in [6.45, 7) is 4.65. The van der Waals surface area contributed by atoms with Crippen LogP contribution in [0, 0.1) is 10.1 Å². The molecule has 3 rings (SSSR count). The first-order valence-corrected chi connectivity index (χ1v) is 9.21. The molecular weight excluding hydrogens is 356 g/mol. The molecule has 1 heterocycles. The van der Waals surface area contributed by atoms with Crippen molar-refractivity contribution < 1.29 is 9.66 Å². The second-order valence-corrected chi connectivity index (χ2v) is 6.49. The van der Waals surface area contributed by atoms with Crippen molar-refractivity contribution in [3.8, 4) is 11.3 Å². The molecule has 0 radical (unpaired) electrons. The summed E-state index contributed by atoms with van der Waals surface area (Å²) in [5.41, 5.74) is 5.19.